The maximum atomic E-state index is 13.1. The largest absolute Gasteiger partial charge is 0.416 e. The predicted octanol–water partition coefficient (Wildman–Crippen LogP) is 4.63. The number of benzene rings is 2. The van der Waals surface area contributed by atoms with Gasteiger partial charge in [-0.3, -0.25) is 0 Å². The van der Waals surface area contributed by atoms with E-state index in [0.717, 1.165) is 63.0 Å². The molecule has 2 heterocycles. The van der Waals surface area contributed by atoms with Crippen molar-refractivity contribution in [1.82, 2.24) is 20.0 Å². The highest BCUT2D eigenvalue weighted by Crippen LogP contribution is 2.29. The molecule has 0 aromatic heterocycles. The maximum absolute atomic E-state index is 13.1. The standard InChI is InChI=1S/C27H35F3N4O/c1-32(25-14-16-33(20-25)15-5-8-21-6-3-2-4-7-21)26(35)34-17-13-24(19-34)31-18-22-9-11-23(12-10-22)27(28,29)30/h2-4,6-7,9-12,24-25,31H,5,8,13-20H2,1H3/t24-,25-/m0/s1. The van der Waals surface area contributed by atoms with E-state index < -0.39 is 11.7 Å². The van der Waals surface area contributed by atoms with Gasteiger partial charge in [-0.15, -0.1) is 0 Å². The predicted molar refractivity (Wildman–Crippen MR) is 131 cm³/mol. The Balaban J connectivity index is 1.17. The Morgan fingerprint density at radius 2 is 1.74 bits per heavy atom. The lowest BCUT2D eigenvalue weighted by Crippen LogP contribution is -2.47. The van der Waals surface area contributed by atoms with Crippen LogP contribution in [0.15, 0.2) is 54.6 Å². The second kappa shape index (κ2) is 11.4. The Morgan fingerprint density at radius 3 is 2.46 bits per heavy atom. The molecular weight excluding hydrogens is 453 g/mol. The van der Waals surface area contributed by atoms with E-state index in [1.807, 2.05) is 22.9 Å². The summed E-state index contributed by atoms with van der Waals surface area (Å²) in [4.78, 5) is 19.3. The van der Waals surface area contributed by atoms with Crippen LogP contribution in [0, 0.1) is 0 Å². The molecule has 2 atom stereocenters. The number of carbonyl (C=O) groups is 1. The number of hydrogen-bond donors (Lipinski definition) is 1. The van der Waals surface area contributed by atoms with Gasteiger partial charge in [0.15, 0.2) is 0 Å². The van der Waals surface area contributed by atoms with Gasteiger partial charge < -0.3 is 20.0 Å². The SMILES string of the molecule is CN(C(=O)N1CC[C@H](NCc2ccc(C(F)(F)F)cc2)C1)[C@H]1CCN(CCCc2ccccc2)C1. The first-order valence-corrected chi connectivity index (χ1v) is 12.5. The molecule has 5 nitrogen and oxygen atoms in total. The monoisotopic (exact) mass is 488 g/mol. The number of urea groups is 1. The minimum absolute atomic E-state index is 0.0694. The highest BCUT2D eigenvalue weighted by molar-refractivity contribution is 5.75. The zero-order chi connectivity index (χ0) is 24.8. The molecule has 2 aromatic rings. The Bertz CT molecular complexity index is 951. The van der Waals surface area contributed by atoms with Crippen LogP contribution in [0.2, 0.25) is 0 Å². The van der Waals surface area contributed by atoms with E-state index in [9.17, 15) is 18.0 Å². The average molecular weight is 489 g/mol. The van der Waals surface area contributed by atoms with Gasteiger partial charge in [-0.2, -0.15) is 13.2 Å². The summed E-state index contributed by atoms with van der Waals surface area (Å²) in [6.45, 7) is 4.79. The molecule has 4 rings (SSSR count). The first kappa shape index (κ1) is 25.5. The average Bonchev–Trinajstić information content (AvgIpc) is 3.52. The minimum Gasteiger partial charge on any atom is -0.323 e. The number of halogens is 3. The van der Waals surface area contributed by atoms with Crippen LogP contribution in [0.4, 0.5) is 18.0 Å². The number of nitrogens with zero attached hydrogens (tertiary/aromatic N) is 3. The van der Waals surface area contributed by atoms with Crippen molar-refractivity contribution in [3.05, 3.63) is 71.3 Å². The second-order valence-corrected chi connectivity index (χ2v) is 9.73. The van der Waals surface area contributed by atoms with Gasteiger partial charge >= 0.3 is 12.2 Å². The number of hydrogen-bond acceptors (Lipinski definition) is 3. The van der Waals surface area contributed by atoms with Crippen molar-refractivity contribution < 1.29 is 18.0 Å². The lowest BCUT2D eigenvalue weighted by molar-refractivity contribution is -0.137. The lowest BCUT2D eigenvalue weighted by Gasteiger charge is -2.29. The molecule has 0 radical (unpaired) electrons. The van der Waals surface area contributed by atoms with Crippen LogP contribution >= 0.6 is 0 Å². The van der Waals surface area contributed by atoms with Crippen molar-refractivity contribution in [2.24, 2.45) is 0 Å². The van der Waals surface area contributed by atoms with Crippen LogP contribution in [0.3, 0.4) is 0 Å². The van der Waals surface area contributed by atoms with E-state index in [4.69, 9.17) is 0 Å². The van der Waals surface area contributed by atoms with Gasteiger partial charge in [0.2, 0.25) is 0 Å². The van der Waals surface area contributed by atoms with Crippen molar-refractivity contribution in [2.75, 3.05) is 39.8 Å². The van der Waals surface area contributed by atoms with Crippen LogP contribution in [0.5, 0.6) is 0 Å². The molecule has 2 aromatic carbocycles. The molecular formula is C27H35F3N4O. The molecule has 0 saturated carbocycles. The molecule has 2 aliphatic heterocycles. The summed E-state index contributed by atoms with van der Waals surface area (Å²) in [6, 6.07) is 16.2. The van der Waals surface area contributed by atoms with Gasteiger partial charge in [0.1, 0.15) is 0 Å². The lowest BCUT2D eigenvalue weighted by atomic mass is 10.1. The number of nitrogens with one attached hydrogen (secondary N) is 1. The Labute approximate surface area is 205 Å². The summed E-state index contributed by atoms with van der Waals surface area (Å²) < 4.78 is 38.2. The number of alkyl halides is 3. The Morgan fingerprint density at radius 1 is 1.00 bits per heavy atom. The number of amides is 2. The quantitative estimate of drug-likeness (QED) is 0.589. The molecule has 2 saturated heterocycles. The zero-order valence-corrected chi connectivity index (χ0v) is 20.3. The van der Waals surface area contributed by atoms with Crippen LogP contribution in [-0.2, 0) is 19.1 Å². The number of likely N-dealkylation sites (N-methyl/N-ethyl adjacent to an activating group) is 1. The molecule has 1 N–H and O–H groups in total. The summed E-state index contributed by atoms with van der Waals surface area (Å²) >= 11 is 0. The van der Waals surface area contributed by atoms with Gasteiger partial charge in [-0.1, -0.05) is 42.5 Å². The van der Waals surface area contributed by atoms with E-state index in [1.54, 1.807) is 0 Å². The summed E-state index contributed by atoms with van der Waals surface area (Å²) in [5.74, 6) is 0. The molecule has 2 amide bonds. The minimum atomic E-state index is -4.32. The molecule has 2 aliphatic rings. The van der Waals surface area contributed by atoms with Crippen molar-refractivity contribution in [3.8, 4) is 0 Å². The summed E-state index contributed by atoms with van der Waals surface area (Å²) in [7, 11) is 1.91. The van der Waals surface area contributed by atoms with Crippen molar-refractivity contribution in [3.63, 3.8) is 0 Å². The van der Waals surface area contributed by atoms with Crippen LogP contribution in [-0.4, -0.2) is 72.6 Å². The van der Waals surface area contributed by atoms with Gasteiger partial charge in [0.05, 0.1) is 5.56 Å². The highest BCUT2D eigenvalue weighted by atomic mass is 19.4. The third-order valence-electron chi connectivity index (χ3n) is 7.21. The second-order valence-electron chi connectivity index (χ2n) is 9.73. The highest BCUT2D eigenvalue weighted by Gasteiger charge is 2.33. The summed E-state index contributed by atoms with van der Waals surface area (Å²) in [5.41, 5.74) is 1.54. The van der Waals surface area contributed by atoms with E-state index in [2.05, 4.69) is 34.5 Å². The first-order valence-electron chi connectivity index (χ1n) is 12.5. The van der Waals surface area contributed by atoms with E-state index in [0.29, 0.717) is 19.6 Å². The fourth-order valence-corrected chi connectivity index (χ4v) is 5.04. The van der Waals surface area contributed by atoms with Crippen molar-refractivity contribution in [2.45, 2.75) is 50.5 Å². The molecule has 0 bridgehead atoms. The molecule has 8 heteroatoms. The molecule has 35 heavy (non-hydrogen) atoms. The Hall–Kier alpha value is -2.58. The molecule has 2 fully saturated rings. The molecule has 190 valence electrons. The number of rotatable bonds is 8. The van der Waals surface area contributed by atoms with E-state index >= 15 is 0 Å². The van der Waals surface area contributed by atoms with Crippen molar-refractivity contribution in [1.29, 1.82) is 0 Å². The number of aryl methyl sites for hydroxylation is 1. The van der Waals surface area contributed by atoms with Crippen LogP contribution in [0.1, 0.15) is 36.0 Å². The molecule has 0 aliphatic carbocycles. The number of carbonyl (C=O) groups excluding carboxylic acids is 1. The molecule has 0 unspecified atom stereocenters. The van der Waals surface area contributed by atoms with E-state index in [-0.39, 0.29) is 18.1 Å². The molecule has 0 spiro atoms. The van der Waals surface area contributed by atoms with Gasteiger partial charge in [0, 0.05) is 51.9 Å². The third-order valence-corrected chi connectivity index (χ3v) is 7.21. The number of likely N-dealkylation sites (tertiary alicyclic amines) is 2. The van der Waals surface area contributed by atoms with Crippen LogP contribution in [0.25, 0.3) is 0 Å². The summed E-state index contributed by atoms with van der Waals surface area (Å²) in [6.07, 6.45) is -0.283. The van der Waals surface area contributed by atoms with Crippen LogP contribution < -0.4 is 5.32 Å². The van der Waals surface area contributed by atoms with E-state index in [1.165, 1.54) is 17.7 Å². The fraction of sp³-hybridized carbons (Fsp3) is 0.519. The fourth-order valence-electron chi connectivity index (χ4n) is 5.04. The van der Waals surface area contributed by atoms with Crippen molar-refractivity contribution >= 4 is 6.03 Å². The maximum Gasteiger partial charge on any atom is 0.416 e. The third kappa shape index (κ3) is 6.98. The smallest absolute Gasteiger partial charge is 0.323 e. The zero-order valence-electron chi connectivity index (χ0n) is 20.3. The topological polar surface area (TPSA) is 38.8 Å². The first-order chi connectivity index (χ1) is 16.8. The Kier molecular flexibility index (Phi) is 8.34. The summed E-state index contributed by atoms with van der Waals surface area (Å²) in [5, 5.41) is 3.39. The van der Waals surface area contributed by atoms with Gasteiger partial charge in [0.25, 0.3) is 0 Å². The van der Waals surface area contributed by atoms with Gasteiger partial charge in [-0.25, -0.2) is 4.79 Å². The van der Waals surface area contributed by atoms with Gasteiger partial charge in [-0.05, 0) is 55.5 Å². The normalized spacial score (nSPS) is 21.0.